The Balaban J connectivity index is 0. The number of benzene rings is 1. The molecule has 1 rings (SSSR count). The average molecular weight is 213 g/mol. The van der Waals surface area contributed by atoms with E-state index in [0.29, 0.717) is 0 Å². The molecule has 0 heterocycles. The van der Waals surface area contributed by atoms with Crippen molar-refractivity contribution in [2.75, 3.05) is 0 Å². The molecule has 0 aromatic heterocycles. The van der Waals surface area contributed by atoms with Crippen LogP contribution in [0.4, 0.5) is 0 Å². The summed E-state index contributed by atoms with van der Waals surface area (Å²) in [6.45, 7) is 0. The molecule has 0 atom stereocenters. The zero-order valence-electron chi connectivity index (χ0n) is 7.52. The first-order valence-corrected chi connectivity index (χ1v) is 5.72. The summed E-state index contributed by atoms with van der Waals surface area (Å²) in [5.74, 6) is -0.912. The van der Waals surface area contributed by atoms with Crippen molar-refractivity contribution >= 4 is 46.3 Å². The molecule has 0 aliphatic rings. The minimum atomic E-state index is -0.986. The molecular formula is C8H10ClNaO3. The molecule has 0 fully saturated rings. The Morgan fingerprint density at radius 2 is 1.62 bits per heavy atom. The van der Waals surface area contributed by atoms with Gasteiger partial charge in [-0.15, -0.1) is 12.4 Å². The van der Waals surface area contributed by atoms with Crippen molar-refractivity contribution in [3.63, 3.8) is 0 Å². The quantitative estimate of drug-likeness (QED) is 0.697. The van der Waals surface area contributed by atoms with Crippen LogP contribution in [0.2, 0.25) is 4.17 Å². The normalized spacial score (nSPS) is 7.62. The summed E-state index contributed by atoms with van der Waals surface area (Å²) in [5.41, 5.74) is 0.179. The van der Waals surface area contributed by atoms with Crippen molar-refractivity contribution in [1.29, 1.82) is 0 Å². The molecule has 5 heteroatoms. The number of halogens is 1. The number of carboxylic acid groups (broad SMARTS) is 1. The van der Waals surface area contributed by atoms with Gasteiger partial charge in [-0.1, -0.05) is 0 Å². The van der Waals surface area contributed by atoms with E-state index in [1.54, 1.807) is 0 Å². The first kappa shape index (κ1) is 15.3. The van der Waals surface area contributed by atoms with Crippen LogP contribution in [0.15, 0.2) is 24.3 Å². The summed E-state index contributed by atoms with van der Waals surface area (Å²) in [6.07, 6.45) is 0. The molecule has 0 unspecified atom stereocenters. The number of phenols is 1. The Morgan fingerprint density at radius 1 is 1.23 bits per heavy atom. The third-order valence-corrected chi connectivity index (χ3v) is 1.11. The van der Waals surface area contributed by atoms with Crippen LogP contribution in [-0.2, 0) is 0 Å². The zero-order valence-corrected chi connectivity index (χ0v) is 10.3. The summed E-state index contributed by atoms with van der Waals surface area (Å²) >= 11 is 1.31. The van der Waals surface area contributed by atoms with Gasteiger partial charge in [0.1, 0.15) is 5.75 Å². The van der Waals surface area contributed by atoms with Gasteiger partial charge in [-0.3, -0.25) is 0 Å². The second kappa shape index (κ2) is 8.38. The number of carboxylic acids is 1. The van der Waals surface area contributed by atoms with Crippen molar-refractivity contribution in [2.24, 2.45) is 0 Å². The number of rotatable bonds is 1. The molecule has 68 valence electrons. The summed E-state index contributed by atoms with van der Waals surface area (Å²) in [4.78, 5) is 10.2. The monoisotopic (exact) mass is 212 g/mol. The van der Waals surface area contributed by atoms with Gasteiger partial charge in [-0.25, -0.2) is 4.79 Å². The summed E-state index contributed by atoms with van der Waals surface area (Å²) in [6, 6.07) is 5.36. The fourth-order valence-corrected chi connectivity index (χ4v) is 0.604. The predicted molar refractivity (Wildman–Crippen MR) is 53.9 cm³/mol. The van der Waals surface area contributed by atoms with Gasteiger partial charge in [-0.05, 0) is 24.3 Å². The number of carbonyl (C=O) groups is 1. The molecular weight excluding hydrogens is 203 g/mol. The fraction of sp³-hybridized carbons (Fsp3) is 0.125. The molecule has 0 saturated carbocycles. The standard InChI is InChI=1S/C7H6O3.CH3.ClH.Na/c8-6-3-1-5(2-4-6)7(9)10;;;/h1-4,8H,(H,9,10);1H3;1H;. The molecule has 13 heavy (non-hydrogen) atoms. The van der Waals surface area contributed by atoms with Gasteiger partial charge in [-0.2, -0.15) is 0 Å². The van der Waals surface area contributed by atoms with Crippen LogP contribution >= 0.6 is 12.4 Å². The molecule has 1 aromatic carbocycles. The Labute approximate surface area is 101 Å². The Morgan fingerprint density at radius 3 is 1.92 bits per heavy atom. The van der Waals surface area contributed by atoms with Gasteiger partial charge in [0.05, 0.1) is 5.56 Å². The third kappa shape index (κ3) is 5.93. The number of aromatic hydroxyl groups is 1. The van der Waals surface area contributed by atoms with Crippen LogP contribution in [-0.4, -0.2) is 44.1 Å². The number of hydrogen-bond acceptors (Lipinski definition) is 2. The molecule has 0 aliphatic heterocycles. The molecule has 3 nitrogen and oxygen atoms in total. The summed E-state index contributed by atoms with van der Waals surface area (Å²) in [5, 5.41) is 17.1. The Bertz CT molecular complexity index is 248. The van der Waals surface area contributed by atoms with E-state index in [1.807, 2.05) is 0 Å². The summed E-state index contributed by atoms with van der Waals surface area (Å²) < 4.78 is 2.14. The van der Waals surface area contributed by atoms with Crippen molar-refractivity contribution in [3.05, 3.63) is 29.8 Å². The van der Waals surface area contributed by atoms with Crippen molar-refractivity contribution in [3.8, 4) is 5.75 Å². The molecule has 0 amide bonds. The van der Waals surface area contributed by atoms with E-state index in [-0.39, 0.29) is 23.7 Å². The molecule has 0 radical (unpaired) electrons. The van der Waals surface area contributed by atoms with Gasteiger partial charge >= 0.3 is 38.1 Å². The molecule has 0 aliphatic carbocycles. The molecule has 0 bridgehead atoms. The van der Waals surface area contributed by atoms with Crippen LogP contribution in [0.25, 0.3) is 0 Å². The van der Waals surface area contributed by atoms with E-state index in [0.717, 1.165) is 0 Å². The van der Waals surface area contributed by atoms with Crippen LogP contribution in [0.1, 0.15) is 10.4 Å². The van der Waals surface area contributed by atoms with Crippen molar-refractivity contribution < 1.29 is 15.0 Å². The van der Waals surface area contributed by atoms with Gasteiger partial charge in [0.25, 0.3) is 0 Å². The maximum atomic E-state index is 10.2. The van der Waals surface area contributed by atoms with Crippen LogP contribution in [0.5, 0.6) is 5.75 Å². The van der Waals surface area contributed by atoms with E-state index in [9.17, 15) is 4.79 Å². The van der Waals surface area contributed by atoms with E-state index in [1.165, 1.54) is 52.2 Å². The Kier molecular flexibility index (Phi) is 9.84. The van der Waals surface area contributed by atoms with Crippen LogP contribution in [0.3, 0.4) is 0 Å². The van der Waals surface area contributed by atoms with E-state index >= 15 is 0 Å². The number of phenolic OH excluding ortho intramolecular Hbond substituents is 1. The SMILES string of the molecule is Cl.O=C(O)c1ccc(O)cc1.[CH3][Na]. The van der Waals surface area contributed by atoms with Crippen molar-refractivity contribution in [2.45, 2.75) is 4.17 Å². The first-order chi connectivity index (χ1) is 5.70. The van der Waals surface area contributed by atoms with Crippen molar-refractivity contribution in [1.82, 2.24) is 0 Å². The average Bonchev–Trinajstić information content (AvgIpc) is 2.09. The number of aromatic carboxylic acids is 1. The first-order valence-electron chi connectivity index (χ1n) is 3.72. The van der Waals surface area contributed by atoms with Gasteiger partial charge in [0.15, 0.2) is 0 Å². The molecule has 2 N–H and O–H groups in total. The Hall–Kier alpha value is -0.220. The molecule has 0 saturated heterocycles. The van der Waals surface area contributed by atoms with E-state index < -0.39 is 5.97 Å². The molecule has 1 aromatic rings. The maximum absolute atomic E-state index is 10.2. The predicted octanol–water partition coefficient (Wildman–Crippen LogP) is 1.72. The van der Waals surface area contributed by atoms with E-state index in [4.69, 9.17) is 10.2 Å². The van der Waals surface area contributed by atoms with Crippen LogP contribution < -0.4 is 0 Å². The second-order valence-electron chi connectivity index (χ2n) is 1.85. The van der Waals surface area contributed by atoms with Gasteiger partial charge < -0.3 is 10.2 Å². The third-order valence-electron chi connectivity index (χ3n) is 1.11. The fourth-order valence-electron chi connectivity index (χ4n) is 0.604. The summed E-state index contributed by atoms with van der Waals surface area (Å²) in [7, 11) is 0. The number of hydrogen-bond donors (Lipinski definition) is 2. The minimum absolute atomic E-state index is 0. The second-order valence-corrected chi connectivity index (χ2v) is 1.85. The van der Waals surface area contributed by atoms with Gasteiger partial charge in [0, 0.05) is 0 Å². The van der Waals surface area contributed by atoms with Crippen LogP contribution in [0, 0.1) is 0 Å². The molecule has 0 spiro atoms. The van der Waals surface area contributed by atoms with E-state index in [2.05, 4.69) is 4.17 Å². The topological polar surface area (TPSA) is 57.5 Å². The zero-order chi connectivity index (χ0) is 9.56. The van der Waals surface area contributed by atoms with Gasteiger partial charge in [0.2, 0.25) is 0 Å².